The van der Waals surface area contributed by atoms with E-state index >= 15 is 0 Å². The molecular weight excluding hydrogens is 309 g/mol. The fourth-order valence-electron chi connectivity index (χ4n) is 3.16. The van der Waals surface area contributed by atoms with Crippen molar-refractivity contribution in [1.82, 2.24) is 4.90 Å². The highest BCUT2D eigenvalue weighted by Gasteiger charge is 2.30. The predicted octanol–water partition coefficient (Wildman–Crippen LogP) is 3.47. The number of hydrogen-bond acceptors (Lipinski definition) is 3. The number of nitrogens with zero attached hydrogens (tertiary/aromatic N) is 1. The Labute approximate surface area is 140 Å². The number of carbonyl (C=O) groups excluding carboxylic acids is 1. The Hall–Kier alpha value is -2.56. The number of hydrogen-bond donors (Lipinski definition) is 0. The van der Waals surface area contributed by atoms with Crippen molar-refractivity contribution in [3.05, 3.63) is 59.4 Å². The smallest absolute Gasteiger partial charge is 0.253 e. The predicted molar refractivity (Wildman–Crippen MR) is 89.2 cm³/mol. The van der Waals surface area contributed by atoms with Gasteiger partial charge in [0.1, 0.15) is 17.3 Å². The Balaban J connectivity index is 1.79. The molecule has 24 heavy (non-hydrogen) atoms. The lowest BCUT2D eigenvalue weighted by Crippen LogP contribution is -2.28. The van der Waals surface area contributed by atoms with Gasteiger partial charge in [-0.15, -0.1) is 0 Å². The number of ether oxygens (including phenoxy) is 2. The highest BCUT2D eigenvalue weighted by Crippen LogP contribution is 2.36. The van der Waals surface area contributed by atoms with Crippen molar-refractivity contribution >= 4 is 5.91 Å². The van der Waals surface area contributed by atoms with Crippen molar-refractivity contribution in [1.29, 1.82) is 0 Å². The molecule has 0 aliphatic carbocycles. The monoisotopic (exact) mass is 329 g/mol. The molecule has 2 aromatic carbocycles. The summed E-state index contributed by atoms with van der Waals surface area (Å²) in [5, 5.41) is 0. The molecule has 1 heterocycles. The minimum absolute atomic E-state index is 0.140. The van der Waals surface area contributed by atoms with E-state index in [0.717, 1.165) is 23.5 Å². The third kappa shape index (κ3) is 3.20. The third-order valence-electron chi connectivity index (χ3n) is 4.42. The van der Waals surface area contributed by atoms with Gasteiger partial charge in [-0.2, -0.15) is 0 Å². The fourth-order valence-corrected chi connectivity index (χ4v) is 3.16. The van der Waals surface area contributed by atoms with Crippen LogP contribution in [0.25, 0.3) is 0 Å². The van der Waals surface area contributed by atoms with Crippen LogP contribution in [-0.4, -0.2) is 38.1 Å². The maximum atomic E-state index is 13.3. The Morgan fingerprint density at radius 1 is 1.17 bits per heavy atom. The summed E-state index contributed by atoms with van der Waals surface area (Å²) in [6, 6.07) is 11.5. The number of halogens is 1. The van der Waals surface area contributed by atoms with Gasteiger partial charge in [-0.05, 0) is 42.8 Å². The summed E-state index contributed by atoms with van der Waals surface area (Å²) in [5.74, 6) is 1.19. The summed E-state index contributed by atoms with van der Waals surface area (Å²) in [6.07, 6.45) is 0.838. The first-order chi connectivity index (χ1) is 11.6. The van der Waals surface area contributed by atoms with Gasteiger partial charge in [0, 0.05) is 30.1 Å². The van der Waals surface area contributed by atoms with Crippen molar-refractivity contribution in [2.45, 2.75) is 12.3 Å². The molecule has 1 atom stereocenters. The highest BCUT2D eigenvalue weighted by atomic mass is 19.1. The molecule has 1 fully saturated rings. The number of carbonyl (C=O) groups is 1. The molecule has 0 bridgehead atoms. The van der Waals surface area contributed by atoms with Gasteiger partial charge < -0.3 is 14.4 Å². The lowest BCUT2D eigenvalue weighted by molar-refractivity contribution is 0.0790. The van der Waals surface area contributed by atoms with Crippen molar-refractivity contribution in [2.24, 2.45) is 0 Å². The van der Waals surface area contributed by atoms with Gasteiger partial charge in [-0.25, -0.2) is 4.39 Å². The van der Waals surface area contributed by atoms with Gasteiger partial charge in [0.2, 0.25) is 0 Å². The minimum Gasteiger partial charge on any atom is -0.497 e. The second kappa shape index (κ2) is 6.91. The van der Waals surface area contributed by atoms with Crippen LogP contribution in [-0.2, 0) is 0 Å². The molecule has 1 amide bonds. The van der Waals surface area contributed by atoms with E-state index in [9.17, 15) is 9.18 Å². The van der Waals surface area contributed by atoms with Crippen LogP contribution < -0.4 is 9.47 Å². The SMILES string of the molecule is COc1ccc(OC)c(C2CCN(C(=O)c3cccc(F)c3)C2)c1. The van der Waals surface area contributed by atoms with Crippen molar-refractivity contribution in [3.8, 4) is 11.5 Å². The molecule has 1 saturated heterocycles. The number of likely N-dealkylation sites (tertiary alicyclic amines) is 1. The average Bonchev–Trinajstić information content (AvgIpc) is 3.10. The number of amides is 1. The first kappa shape index (κ1) is 16.3. The third-order valence-corrected chi connectivity index (χ3v) is 4.42. The van der Waals surface area contributed by atoms with E-state index in [4.69, 9.17) is 9.47 Å². The van der Waals surface area contributed by atoms with Crippen LogP contribution in [0.2, 0.25) is 0 Å². The van der Waals surface area contributed by atoms with Gasteiger partial charge >= 0.3 is 0 Å². The fraction of sp³-hybridized carbons (Fsp3) is 0.316. The van der Waals surface area contributed by atoms with E-state index in [1.54, 1.807) is 31.3 Å². The largest absolute Gasteiger partial charge is 0.497 e. The van der Waals surface area contributed by atoms with Gasteiger partial charge in [0.05, 0.1) is 14.2 Å². The molecular formula is C19H20FNO3. The molecule has 0 radical (unpaired) electrons. The summed E-state index contributed by atoms with van der Waals surface area (Å²) < 4.78 is 24.1. The summed E-state index contributed by atoms with van der Waals surface area (Å²) in [5.41, 5.74) is 1.42. The van der Waals surface area contributed by atoms with Crippen LogP contribution in [0.5, 0.6) is 11.5 Å². The van der Waals surface area contributed by atoms with Crippen LogP contribution in [0.1, 0.15) is 28.3 Å². The van der Waals surface area contributed by atoms with Gasteiger partial charge in [0.15, 0.2) is 0 Å². The van der Waals surface area contributed by atoms with E-state index in [0.29, 0.717) is 18.7 Å². The molecule has 1 unspecified atom stereocenters. The summed E-state index contributed by atoms with van der Waals surface area (Å²) in [6.45, 7) is 1.22. The Morgan fingerprint density at radius 3 is 2.71 bits per heavy atom. The lowest BCUT2D eigenvalue weighted by Gasteiger charge is -2.18. The molecule has 0 spiro atoms. The topological polar surface area (TPSA) is 38.8 Å². The van der Waals surface area contributed by atoms with Gasteiger partial charge in [0.25, 0.3) is 5.91 Å². The van der Waals surface area contributed by atoms with Crippen LogP contribution in [0.3, 0.4) is 0 Å². The molecule has 2 aromatic rings. The molecule has 3 rings (SSSR count). The summed E-state index contributed by atoms with van der Waals surface area (Å²) >= 11 is 0. The van der Waals surface area contributed by atoms with Crippen molar-refractivity contribution < 1.29 is 18.7 Å². The Bertz CT molecular complexity index is 747. The van der Waals surface area contributed by atoms with E-state index in [-0.39, 0.29) is 11.8 Å². The van der Waals surface area contributed by atoms with Crippen molar-refractivity contribution in [2.75, 3.05) is 27.3 Å². The Morgan fingerprint density at radius 2 is 2.00 bits per heavy atom. The molecule has 1 aliphatic rings. The number of rotatable bonds is 4. The van der Waals surface area contributed by atoms with E-state index in [1.165, 1.54) is 12.1 Å². The zero-order valence-electron chi connectivity index (χ0n) is 13.8. The van der Waals surface area contributed by atoms with E-state index < -0.39 is 5.82 Å². The zero-order chi connectivity index (χ0) is 17.1. The molecule has 4 nitrogen and oxygen atoms in total. The molecule has 5 heteroatoms. The van der Waals surface area contributed by atoms with Crippen LogP contribution in [0.15, 0.2) is 42.5 Å². The maximum absolute atomic E-state index is 13.3. The molecule has 0 N–H and O–H groups in total. The average molecular weight is 329 g/mol. The maximum Gasteiger partial charge on any atom is 0.253 e. The summed E-state index contributed by atoms with van der Waals surface area (Å²) in [7, 11) is 3.26. The highest BCUT2D eigenvalue weighted by molar-refractivity contribution is 5.94. The molecule has 0 saturated carbocycles. The van der Waals surface area contributed by atoms with E-state index in [2.05, 4.69) is 0 Å². The summed E-state index contributed by atoms with van der Waals surface area (Å²) in [4.78, 5) is 14.3. The quantitative estimate of drug-likeness (QED) is 0.862. The second-order valence-electron chi connectivity index (χ2n) is 5.85. The van der Waals surface area contributed by atoms with Crippen LogP contribution in [0, 0.1) is 5.82 Å². The van der Waals surface area contributed by atoms with Crippen LogP contribution in [0.4, 0.5) is 4.39 Å². The first-order valence-corrected chi connectivity index (χ1v) is 7.89. The molecule has 1 aliphatic heterocycles. The van der Waals surface area contributed by atoms with Gasteiger partial charge in [-0.1, -0.05) is 6.07 Å². The number of methoxy groups -OCH3 is 2. The minimum atomic E-state index is -0.397. The zero-order valence-corrected chi connectivity index (χ0v) is 13.8. The van der Waals surface area contributed by atoms with E-state index in [1.807, 2.05) is 18.2 Å². The standard InChI is InChI=1S/C19H20FNO3/c1-23-16-6-7-18(24-2)17(11-16)14-8-9-21(12-14)19(22)13-4-3-5-15(20)10-13/h3-7,10-11,14H,8-9,12H2,1-2H3. The Kier molecular flexibility index (Phi) is 4.69. The number of benzene rings is 2. The van der Waals surface area contributed by atoms with Gasteiger partial charge in [-0.3, -0.25) is 4.79 Å². The first-order valence-electron chi connectivity index (χ1n) is 7.89. The normalized spacial score (nSPS) is 17.0. The second-order valence-corrected chi connectivity index (χ2v) is 5.85. The molecule has 126 valence electrons. The van der Waals surface area contributed by atoms with Crippen molar-refractivity contribution in [3.63, 3.8) is 0 Å². The van der Waals surface area contributed by atoms with Crippen LogP contribution >= 0.6 is 0 Å². The molecule has 0 aromatic heterocycles. The lowest BCUT2D eigenvalue weighted by atomic mass is 9.97.